The number of alkyl halides is 1. The molecule has 1 atom stereocenters. The third-order valence-corrected chi connectivity index (χ3v) is 3.26. The zero-order valence-corrected chi connectivity index (χ0v) is 7.88. The van der Waals surface area contributed by atoms with E-state index in [2.05, 4.69) is 6.92 Å². The SMILES string of the molecule is CCC1(Cl)CCCC(=N)CC1. The molecule has 0 heterocycles. The number of rotatable bonds is 1. The maximum absolute atomic E-state index is 7.52. The molecule has 0 aromatic rings. The van der Waals surface area contributed by atoms with Gasteiger partial charge in [-0.3, -0.25) is 0 Å². The summed E-state index contributed by atoms with van der Waals surface area (Å²) in [5, 5.41) is 7.52. The molecule has 1 unspecified atom stereocenters. The Kier molecular flexibility index (Phi) is 2.94. The third kappa shape index (κ3) is 2.48. The van der Waals surface area contributed by atoms with Crippen molar-refractivity contribution in [3.05, 3.63) is 0 Å². The van der Waals surface area contributed by atoms with Crippen LogP contribution in [0, 0.1) is 5.41 Å². The summed E-state index contributed by atoms with van der Waals surface area (Å²) in [6, 6.07) is 0. The van der Waals surface area contributed by atoms with Crippen LogP contribution in [0.2, 0.25) is 0 Å². The molecule has 0 aliphatic heterocycles. The summed E-state index contributed by atoms with van der Waals surface area (Å²) >= 11 is 6.33. The molecule has 1 fully saturated rings. The smallest absolute Gasteiger partial charge is 0.0448 e. The first-order valence-corrected chi connectivity index (χ1v) is 4.79. The second kappa shape index (κ2) is 3.57. The Balaban J connectivity index is 2.52. The van der Waals surface area contributed by atoms with E-state index in [0.29, 0.717) is 0 Å². The zero-order chi connectivity index (χ0) is 8.32. The lowest BCUT2D eigenvalue weighted by Gasteiger charge is -2.22. The first-order valence-electron chi connectivity index (χ1n) is 4.41. The molecule has 0 saturated heterocycles. The van der Waals surface area contributed by atoms with Crippen molar-refractivity contribution in [2.75, 3.05) is 0 Å². The van der Waals surface area contributed by atoms with Crippen molar-refractivity contribution < 1.29 is 0 Å². The molecule has 1 aliphatic rings. The molecule has 0 aromatic heterocycles. The van der Waals surface area contributed by atoms with Crippen molar-refractivity contribution in [3.63, 3.8) is 0 Å². The summed E-state index contributed by atoms with van der Waals surface area (Å²) in [6.07, 6.45) is 6.13. The van der Waals surface area contributed by atoms with Crippen molar-refractivity contribution in [1.29, 1.82) is 5.41 Å². The number of halogens is 1. The largest absolute Gasteiger partial charge is 0.310 e. The Labute approximate surface area is 73.6 Å². The Bertz CT molecular complexity index is 156. The number of nitrogens with one attached hydrogen (secondary N) is 1. The Morgan fingerprint density at radius 1 is 1.45 bits per heavy atom. The predicted octanol–water partition coefficient (Wildman–Crippen LogP) is 3.36. The Morgan fingerprint density at radius 3 is 2.82 bits per heavy atom. The molecule has 1 saturated carbocycles. The fraction of sp³-hybridized carbons (Fsp3) is 0.889. The van der Waals surface area contributed by atoms with Gasteiger partial charge in [0.05, 0.1) is 0 Å². The topological polar surface area (TPSA) is 23.9 Å². The van der Waals surface area contributed by atoms with Crippen molar-refractivity contribution >= 4 is 17.3 Å². The fourth-order valence-electron chi connectivity index (χ4n) is 1.60. The van der Waals surface area contributed by atoms with Crippen molar-refractivity contribution in [1.82, 2.24) is 0 Å². The normalized spacial score (nSPS) is 33.5. The molecule has 0 spiro atoms. The van der Waals surface area contributed by atoms with Crippen molar-refractivity contribution in [3.8, 4) is 0 Å². The van der Waals surface area contributed by atoms with E-state index in [4.69, 9.17) is 17.0 Å². The first kappa shape index (κ1) is 9.05. The van der Waals surface area contributed by atoms with Gasteiger partial charge in [0, 0.05) is 10.6 Å². The monoisotopic (exact) mass is 173 g/mol. The van der Waals surface area contributed by atoms with Crippen molar-refractivity contribution in [2.24, 2.45) is 0 Å². The van der Waals surface area contributed by atoms with Crippen LogP contribution in [0.25, 0.3) is 0 Å². The molecule has 64 valence electrons. The van der Waals surface area contributed by atoms with Gasteiger partial charge in [0.1, 0.15) is 0 Å². The molecule has 0 aromatic carbocycles. The lowest BCUT2D eigenvalue weighted by atomic mass is 9.96. The molecular formula is C9H16ClN. The minimum absolute atomic E-state index is 0.0167. The van der Waals surface area contributed by atoms with Gasteiger partial charge in [0.2, 0.25) is 0 Å². The average molecular weight is 174 g/mol. The van der Waals surface area contributed by atoms with Crippen LogP contribution in [-0.4, -0.2) is 10.6 Å². The molecule has 0 bridgehead atoms. The Morgan fingerprint density at radius 2 is 2.18 bits per heavy atom. The molecular weight excluding hydrogens is 158 g/mol. The lowest BCUT2D eigenvalue weighted by Crippen LogP contribution is -2.18. The van der Waals surface area contributed by atoms with E-state index in [1.54, 1.807) is 0 Å². The highest BCUT2D eigenvalue weighted by atomic mass is 35.5. The van der Waals surface area contributed by atoms with Gasteiger partial charge in [-0.25, -0.2) is 0 Å². The Hall–Kier alpha value is -0.0400. The van der Waals surface area contributed by atoms with Gasteiger partial charge in [0.25, 0.3) is 0 Å². The summed E-state index contributed by atoms with van der Waals surface area (Å²) in [6.45, 7) is 2.14. The second-order valence-electron chi connectivity index (χ2n) is 3.46. The van der Waals surface area contributed by atoms with Gasteiger partial charge in [-0.05, 0) is 38.5 Å². The molecule has 2 heteroatoms. The summed E-state index contributed by atoms with van der Waals surface area (Å²) in [5.74, 6) is 0. The first-order chi connectivity index (χ1) is 5.16. The zero-order valence-electron chi connectivity index (χ0n) is 7.12. The summed E-state index contributed by atoms with van der Waals surface area (Å²) in [5.41, 5.74) is 0.890. The van der Waals surface area contributed by atoms with E-state index in [-0.39, 0.29) is 4.87 Å². The number of hydrogen-bond acceptors (Lipinski definition) is 1. The van der Waals surface area contributed by atoms with Gasteiger partial charge in [0.15, 0.2) is 0 Å². The molecule has 1 aliphatic carbocycles. The minimum Gasteiger partial charge on any atom is -0.310 e. The van der Waals surface area contributed by atoms with E-state index < -0.39 is 0 Å². The average Bonchev–Trinajstić information content (AvgIpc) is 2.15. The van der Waals surface area contributed by atoms with Crippen LogP contribution in [0.1, 0.15) is 45.4 Å². The molecule has 1 N–H and O–H groups in total. The molecule has 1 nitrogen and oxygen atoms in total. The van der Waals surface area contributed by atoms with E-state index >= 15 is 0 Å². The highest BCUT2D eigenvalue weighted by Gasteiger charge is 2.27. The summed E-state index contributed by atoms with van der Waals surface area (Å²) in [4.78, 5) is 0.0167. The quantitative estimate of drug-likeness (QED) is 0.465. The summed E-state index contributed by atoms with van der Waals surface area (Å²) < 4.78 is 0. The van der Waals surface area contributed by atoms with E-state index in [9.17, 15) is 0 Å². The van der Waals surface area contributed by atoms with Gasteiger partial charge in [-0.1, -0.05) is 6.92 Å². The molecule has 11 heavy (non-hydrogen) atoms. The van der Waals surface area contributed by atoms with E-state index in [1.165, 1.54) is 0 Å². The maximum Gasteiger partial charge on any atom is 0.0448 e. The van der Waals surface area contributed by atoms with Crippen LogP contribution in [0.3, 0.4) is 0 Å². The summed E-state index contributed by atoms with van der Waals surface area (Å²) in [7, 11) is 0. The lowest BCUT2D eigenvalue weighted by molar-refractivity contribution is 0.489. The molecule has 0 amide bonds. The van der Waals surface area contributed by atoms with Crippen molar-refractivity contribution in [2.45, 2.75) is 50.3 Å². The maximum atomic E-state index is 7.52. The van der Waals surface area contributed by atoms with Gasteiger partial charge in [-0.15, -0.1) is 11.6 Å². The number of hydrogen-bond donors (Lipinski definition) is 1. The third-order valence-electron chi connectivity index (χ3n) is 2.61. The van der Waals surface area contributed by atoms with Gasteiger partial charge < -0.3 is 5.41 Å². The van der Waals surface area contributed by atoms with Crippen LogP contribution < -0.4 is 0 Å². The highest BCUT2D eigenvalue weighted by Crippen LogP contribution is 2.34. The minimum atomic E-state index is 0.0167. The molecule has 1 rings (SSSR count). The van der Waals surface area contributed by atoms with Gasteiger partial charge >= 0.3 is 0 Å². The van der Waals surface area contributed by atoms with Crippen LogP contribution in [0.5, 0.6) is 0 Å². The van der Waals surface area contributed by atoms with E-state index in [1.807, 2.05) is 0 Å². The highest BCUT2D eigenvalue weighted by molar-refractivity contribution is 6.24. The predicted molar refractivity (Wildman–Crippen MR) is 49.7 cm³/mol. The van der Waals surface area contributed by atoms with Gasteiger partial charge in [-0.2, -0.15) is 0 Å². The van der Waals surface area contributed by atoms with Crippen LogP contribution in [-0.2, 0) is 0 Å². The molecule has 0 radical (unpaired) electrons. The second-order valence-corrected chi connectivity index (χ2v) is 4.26. The standard InChI is InChI=1S/C9H16ClN/c1-2-9(10)6-3-4-8(11)5-7-9/h11H,2-7H2,1H3. The van der Waals surface area contributed by atoms with Crippen LogP contribution in [0.15, 0.2) is 0 Å². The van der Waals surface area contributed by atoms with Crippen LogP contribution in [0.4, 0.5) is 0 Å². The van der Waals surface area contributed by atoms with Crippen LogP contribution >= 0.6 is 11.6 Å². The van der Waals surface area contributed by atoms with E-state index in [0.717, 1.165) is 44.2 Å². The fourth-order valence-corrected chi connectivity index (χ4v) is 1.83.